The van der Waals surface area contributed by atoms with Crippen molar-refractivity contribution in [2.45, 2.75) is 78.4 Å². The molecule has 2 fully saturated rings. The van der Waals surface area contributed by atoms with Gasteiger partial charge in [0.1, 0.15) is 0 Å². The molecule has 112 valence electrons. The van der Waals surface area contributed by atoms with E-state index in [9.17, 15) is 0 Å². The number of hydrogen-bond acceptors (Lipinski definition) is 2. The summed E-state index contributed by atoms with van der Waals surface area (Å²) in [6, 6.07) is 0.670. The largest absolute Gasteiger partial charge is 0.378 e. The van der Waals surface area contributed by atoms with Crippen molar-refractivity contribution >= 4 is 0 Å². The summed E-state index contributed by atoms with van der Waals surface area (Å²) >= 11 is 0. The number of hydrogen-bond donors (Lipinski definition) is 1. The molecule has 0 aliphatic heterocycles. The molecule has 2 nitrogen and oxygen atoms in total. The van der Waals surface area contributed by atoms with Crippen LogP contribution in [0, 0.1) is 17.3 Å². The zero-order valence-electron chi connectivity index (χ0n) is 13.4. The Morgan fingerprint density at radius 1 is 1.21 bits per heavy atom. The molecule has 2 aliphatic carbocycles. The fourth-order valence-electron chi connectivity index (χ4n) is 4.06. The van der Waals surface area contributed by atoms with Gasteiger partial charge in [-0.1, -0.05) is 40.0 Å². The van der Waals surface area contributed by atoms with Crippen LogP contribution in [0.4, 0.5) is 0 Å². The fraction of sp³-hybridized carbons (Fsp3) is 1.00. The molecule has 1 N–H and O–H groups in total. The molecule has 19 heavy (non-hydrogen) atoms. The van der Waals surface area contributed by atoms with E-state index in [2.05, 4.69) is 33.0 Å². The SMILES string of the molecule is CCOC1CC(NCC2CCCCC2C)C1(C)CC. The molecule has 0 bridgehead atoms. The van der Waals surface area contributed by atoms with Gasteiger partial charge in [-0.15, -0.1) is 0 Å². The van der Waals surface area contributed by atoms with Crippen LogP contribution in [0.15, 0.2) is 0 Å². The van der Waals surface area contributed by atoms with Crippen LogP contribution < -0.4 is 5.32 Å². The van der Waals surface area contributed by atoms with E-state index in [0.717, 1.165) is 18.4 Å². The van der Waals surface area contributed by atoms with Gasteiger partial charge in [-0.25, -0.2) is 0 Å². The molecule has 0 spiro atoms. The molecule has 2 rings (SSSR count). The van der Waals surface area contributed by atoms with Crippen LogP contribution in [0.5, 0.6) is 0 Å². The van der Waals surface area contributed by atoms with Crippen molar-refractivity contribution in [3.63, 3.8) is 0 Å². The van der Waals surface area contributed by atoms with E-state index in [1.54, 1.807) is 0 Å². The van der Waals surface area contributed by atoms with E-state index in [-0.39, 0.29) is 0 Å². The van der Waals surface area contributed by atoms with E-state index in [4.69, 9.17) is 4.74 Å². The first-order valence-corrected chi connectivity index (χ1v) is 8.46. The number of rotatable bonds is 6. The third kappa shape index (κ3) is 3.16. The maximum Gasteiger partial charge on any atom is 0.0658 e. The minimum Gasteiger partial charge on any atom is -0.378 e. The summed E-state index contributed by atoms with van der Waals surface area (Å²) in [5, 5.41) is 3.87. The van der Waals surface area contributed by atoms with Gasteiger partial charge in [0.2, 0.25) is 0 Å². The maximum atomic E-state index is 5.89. The lowest BCUT2D eigenvalue weighted by Gasteiger charge is -2.54. The highest BCUT2D eigenvalue weighted by molar-refractivity contribution is 5.04. The number of ether oxygens (including phenoxy) is 1. The number of nitrogens with one attached hydrogen (secondary N) is 1. The van der Waals surface area contributed by atoms with Crippen molar-refractivity contribution in [1.82, 2.24) is 5.32 Å². The summed E-state index contributed by atoms with van der Waals surface area (Å²) in [6.45, 7) is 11.3. The van der Waals surface area contributed by atoms with Crippen LogP contribution in [0.3, 0.4) is 0 Å². The summed E-state index contributed by atoms with van der Waals surface area (Å²) in [5.74, 6) is 1.82. The summed E-state index contributed by atoms with van der Waals surface area (Å²) in [5.41, 5.74) is 0.355. The summed E-state index contributed by atoms with van der Waals surface area (Å²) in [6.07, 6.45) is 8.65. The van der Waals surface area contributed by atoms with Crippen molar-refractivity contribution in [2.24, 2.45) is 17.3 Å². The van der Waals surface area contributed by atoms with Crippen LogP contribution in [0.25, 0.3) is 0 Å². The van der Waals surface area contributed by atoms with Crippen molar-refractivity contribution in [3.8, 4) is 0 Å². The van der Waals surface area contributed by atoms with E-state index < -0.39 is 0 Å². The normalized spacial score (nSPS) is 42.9. The van der Waals surface area contributed by atoms with Gasteiger partial charge in [-0.2, -0.15) is 0 Å². The molecule has 0 amide bonds. The minimum atomic E-state index is 0.355. The Hall–Kier alpha value is -0.0800. The van der Waals surface area contributed by atoms with Crippen LogP contribution in [-0.4, -0.2) is 25.3 Å². The van der Waals surface area contributed by atoms with E-state index in [1.165, 1.54) is 45.1 Å². The molecule has 2 saturated carbocycles. The molecule has 0 aromatic carbocycles. The Bertz CT molecular complexity index is 280. The lowest BCUT2D eigenvalue weighted by molar-refractivity contribution is -0.126. The Morgan fingerprint density at radius 2 is 1.95 bits per heavy atom. The standard InChI is InChI=1S/C17H33NO/c1-5-17(4)15(11-16(17)19-6-2)18-12-14-10-8-7-9-13(14)3/h13-16,18H,5-12H2,1-4H3. The average Bonchev–Trinajstić information content (AvgIpc) is 2.42. The molecule has 2 aliphatic rings. The first-order chi connectivity index (χ1) is 9.11. The zero-order chi connectivity index (χ0) is 13.9. The second-order valence-electron chi connectivity index (χ2n) is 7.02. The Balaban J connectivity index is 1.80. The molecule has 0 radical (unpaired) electrons. The highest BCUT2D eigenvalue weighted by atomic mass is 16.5. The fourth-order valence-corrected chi connectivity index (χ4v) is 4.06. The highest BCUT2D eigenvalue weighted by Crippen LogP contribution is 2.46. The molecule has 0 aromatic rings. The van der Waals surface area contributed by atoms with Gasteiger partial charge in [0.05, 0.1) is 6.10 Å². The first-order valence-electron chi connectivity index (χ1n) is 8.46. The van der Waals surface area contributed by atoms with Gasteiger partial charge >= 0.3 is 0 Å². The van der Waals surface area contributed by atoms with Gasteiger partial charge in [-0.05, 0) is 44.6 Å². The lowest BCUT2D eigenvalue weighted by atomic mass is 9.61. The monoisotopic (exact) mass is 267 g/mol. The third-order valence-corrected chi connectivity index (χ3v) is 6.03. The molecule has 0 saturated heterocycles. The summed E-state index contributed by atoms with van der Waals surface area (Å²) in [4.78, 5) is 0. The molecular weight excluding hydrogens is 234 g/mol. The first kappa shape index (κ1) is 15.3. The van der Waals surface area contributed by atoms with Crippen LogP contribution in [0.2, 0.25) is 0 Å². The van der Waals surface area contributed by atoms with Crippen LogP contribution in [-0.2, 0) is 4.74 Å². The lowest BCUT2D eigenvalue weighted by Crippen LogP contribution is -2.62. The van der Waals surface area contributed by atoms with Gasteiger partial charge < -0.3 is 10.1 Å². The maximum absolute atomic E-state index is 5.89. The Kier molecular flexibility index (Phi) is 5.30. The average molecular weight is 267 g/mol. The third-order valence-electron chi connectivity index (χ3n) is 6.03. The van der Waals surface area contributed by atoms with Crippen molar-refractivity contribution in [1.29, 1.82) is 0 Å². The second kappa shape index (κ2) is 6.58. The predicted molar refractivity (Wildman–Crippen MR) is 81.3 cm³/mol. The quantitative estimate of drug-likeness (QED) is 0.785. The van der Waals surface area contributed by atoms with Gasteiger partial charge in [0, 0.05) is 18.1 Å². The molecule has 5 atom stereocenters. The van der Waals surface area contributed by atoms with E-state index in [0.29, 0.717) is 17.6 Å². The highest BCUT2D eigenvalue weighted by Gasteiger charge is 2.50. The van der Waals surface area contributed by atoms with E-state index >= 15 is 0 Å². The molecular formula is C17H33NO. The molecule has 0 heterocycles. The minimum absolute atomic E-state index is 0.355. The molecule has 5 unspecified atom stereocenters. The van der Waals surface area contributed by atoms with E-state index in [1.807, 2.05) is 0 Å². The zero-order valence-corrected chi connectivity index (χ0v) is 13.4. The van der Waals surface area contributed by atoms with Crippen molar-refractivity contribution < 1.29 is 4.74 Å². The van der Waals surface area contributed by atoms with Crippen LogP contribution >= 0.6 is 0 Å². The smallest absolute Gasteiger partial charge is 0.0658 e. The van der Waals surface area contributed by atoms with Crippen molar-refractivity contribution in [3.05, 3.63) is 0 Å². The summed E-state index contributed by atoms with van der Waals surface area (Å²) in [7, 11) is 0. The summed E-state index contributed by atoms with van der Waals surface area (Å²) < 4.78 is 5.89. The van der Waals surface area contributed by atoms with Crippen LogP contribution in [0.1, 0.15) is 66.2 Å². The Morgan fingerprint density at radius 3 is 2.58 bits per heavy atom. The van der Waals surface area contributed by atoms with Gasteiger partial charge in [0.25, 0.3) is 0 Å². The van der Waals surface area contributed by atoms with Crippen molar-refractivity contribution in [2.75, 3.05) is 13.2 Å². The molecule has 0 aromatic heterocycles. The topological polar surface area (TPSA) is 21.3 Å². The Labute approximate surface area is 119 Å². The van der Waals surface area contributed by atoms with Gasteiger partial charge in [0.15, 0.2) is 0 Å². The molecule has 2 heteroatoms. The predicted octanol–water partition coefficient (Wildman–Crippen LogP) is 4.00. The second-order valence-corrected chi connectivity index (χ2v) is 7.02. The van der Waals surface area contributed by atoms with Gasteiger partial charge in [-0.3, -0.25) is 0 Å².